The summed E-state index contributed by atoms with van der Waals surface area (Å²) in [5.41, 5.74) is 1.58. The van der Waals surface area contributed by atoms with E-state index in [4.69, 9.17) is 47.6 Å². The molecule has 0 saturated carbocycles. The highest BCUT2D eigenvalue weighted by Gasteiger charge is 2.17. The normalized spacial score (nSPS) is 10.3. The molecule has 8 heteroatoms. The molecule has 0 spiro atoms. The zero-order valence-corrected chi connectivity index (χ0v) is 19.2. The highest BCUT2D eigenvalue weighted by Crippen LogP contribution is 2.13. The minimum atomic E-state index is -0.209. The maximum atomic E-state index is 12.3. The Labute approximate surface area is 191 Å². The van der Waals surface area contributed by atoms with Gasteiger partial charge in [-0.1, -0.05) is 71.9 Å². The number of carbonyl (C=O) groups is 2. The number of likely N-dealkylation sites (N-methyl/N-ethyl adjacent to an activating group) is 2. The zero-order valence-electron chi connectivity index (χ0n) is 16.0. The number of halogens is 2. The Bertz CT molecular complexity index is 840. The molecule has 0 saturated heterocycles. The predicted molar refractivity (Wildman–Crippen MR) is 126 cm³/mol. The van der Waals surface area contributed by atoms with Crippen LogP contribution in [0.3, 0.4) is 0 Å². The van der Waals surface area contributed by atoms with Gasteiger partial charge in [-0.25, -0.2) is 0 Å². The van der Waals surface area contributed by atoms with E-state index in [0.29, 0.717) is 20.0 Å². The summed E-state index contributed by atoms with van der Waals surface area (Å²) in [6, 6.07) is 14.1. The monoisotopic (exact) mass is 466 g/mol. The van der Waals surface area contributed by atoms with E-state index in [-0.39, 0.29) is 31.1 Å². The van der Waals surface area contributed by atoms with Crippen molar-refractivity contribution in [3.05, 3.63) is 69.7 Å². The van der Waals surface area contributed by atoms with Crippen molar-refractivity contribution in [2.24, 2.45) is 0 Å². The number of carbonyl (C=O) groups excluding carboxylic acids is 2. The summed E-state index contributed by atoms with van der Waals surface area (Å²) >= 11 is 22.6. The molecule has 2 aromatic carbocycles. The van der Waals surface area contributed by atoms with Gasteiger partial charge in [0.05, 0.1) is 19.5 Å². The first-order valence-electron chi connectivity index (χ1n) is 8.73. The average molecular weight is 467 g/mol. The molecule has 0 radical (unpaired) electrons. The zero-order chi connectivity index (χ0) is 21.6. The van der Waals surface area contributed by atoms with Gasteiger partial charge < -0.3 is 9.80 Å². The van der Waals surface area contributed by atoms with Crippen LogP contribution in [-0.2, 0) is 9.59 Å². The standard InChI is InChI=1S/C21H20Cl2N2O2S2/c1-24(20(28)14-3-7-16(22)8-4-14)12-18(26)11-19(27)13-25(2)21(29)15-5-9-17(23)10-6-15/h3-10H,11-13H2,1-2H3. The molecule has 0 aliphatic carbocycles. The second kappa shape index (κ2) is 10.8. The molecule has 0 unspecified atom stereocenters. The fourth-order valence-corrected chi connectivity index (χ4v) is 3.28. The molecule has 0 heterocycles. The summed E-state index contributed by atoms with van der Waals surface area (Å²) in [5.74, 6) is -0.417. The quantitative estimate of drug-likeness (QED) is 0.423. The van der Waals surface area contributed by atoms with E-state index in [1.165, 1.54) is 0 Å². The number of Topliss-reactive ketones (excluding diaryl/α,β-unsaturated/α-hetero) is 2. The van der Waals surface area contributed by atoms with Crippen molar-refractivity contribution in [3.8, 4) is 0 Å². The molecule has 2 aromatic rings. The SMILES string of the molecule is CN(CC(=O)CC(=O)CN(C)C(=S)c1ccc(Cl)cc1)C(=S)c1ccc(Cl)cc1. The van der Waals surface area contributed by atoms with Gasteiger partial charge in [0.15, 0.2) is 11.6 Å². The molecule has 29 heavy (non-hydrogen) atoms. The van der Waals surface area contributed by atoms with Crippen molar-refractivity contribution in [3.63, 3.8) is 0 Å². The van der Waals surface area contributed by atoms with Gasteiger partial charge in [0.2, 0.25) is 0 Å². The Morgan fingerprint density at radius 2 is 1.03 bits per heavy atom. The largest absolute Gasteiger partial charge is 0.358 e. The summed E-state index contributed by atoms with van der Waals surface area (Å²) in [6.45, 7) is 0.108. The number of rotatable bonds is 8. The number of hydrogen-bond acceptors (Lipinski definition) is 4. The summed E-state index contributed by atoms with van der Waals surface area (Å²) in [6.07, 6.45) is -0.179. The van der Waals surface area contributed by atoms with Gasteiger partial charge in [-0.3, -0.25) is 9.59 Å². The van der Waals surface area contributed by atoms with Crippen LogP contribution in [0.25, 0.3) is 0 Å². The topological polar surface area (TPSA) is 40.6 Å². The number of benzene rings is 2. The minimum absolute atomic E-state index is 0.0541. The highest BCUT2D eigenvalue weighted by molar-refractivity contribution is 7.80. The molecule has 4 nitrogen and oxygen atoms in total. The molecule has 0 aliphatic heterocycles. The van der Waals surface area contributed by atoms with Crippen LogP contribution in [0.5, 0.6) is 0 Å². The van der Waals surface area contributed by atoms with E-state index in [2.05, 4.69) is 0 Å². The van der Waals surface area contributed by atoms with Gasteiger partial charge in [0, 0.05) is 35.3 Å². The highest BCUT2D eigenvalue weighted by atomic mass is 35.5. The van der Waals surface area contributed by atoms with Crippen LogP contribution in [0.2, 0.25) is 10.0 Å². The Balaban J connectivity index is 1.85. The van der Waals surface area contributed by atoms with E-state index in [1.54, 1.807) is 72.4 Å². The Kier molecular flexibility index (Phi) is 8.71. The van der Waals surface area contributed by atoms with E-state index in [9.17, 15) is 9.59 Å². The molecule has 0 amide bonds. The minimum Gasteiger partial charge on any atom is -0.358 e. The lowest BCUT2D eigenvalue weighted by Crippen LogP contribution is -2.35. The van der Waals surface area contributed by atoms with Gasteiger partial charge in [-0.2, -0.15) is 0 Å². The average Bonchev–Trinajstić information content (AvgIpc) is 2.67. The first-order chi connectivity index (χ1) is 13.7. The van der Waals surface area contributed by atoms with Crippen molar-refractivity contribution in [2.75, 3.05) is 27.2 Å². The van der Waals surface area contributed by atoms with Crippen molar-refractivity contribution in [2.45, 2.75) is 6.42 Å². The second-order valence-electron chi connectivity index (χ2n) is 6.59. The Morgan fingerprint density at radius 3 is 1.34 bits per heavy atom. The third kappa shape index (κ3) is 7.16. The first-order valence-corrected chi connectivity index (χ1v) is 10.3. The van der Waals surface area contributed by atoms with Gasteiger partial charge in [0.1, 0.15) is 9.98 Å². The first kappa shape index (κ1) is 23.4. The van der Waals surface area contributed by atoms with Crippen LogP contribution in [0.1, 0.15) is 17.5 Å². The lowest BCUT2D eigenvalue weighted by molar-refractivity contribution is -0.127. The molecule has 0 atom stereocenters. The summed E-state index contributed by atoms with van der Waals surface area (Å²) in [7, 11) is 3.45. The molecule has 152 valence electrons. The molecule has 0 aliphatic rings. The van der Waals surface area contributed by atoms with Crippen LogP contribution in [0.4, 0.5) is 0 Å². The number of thiocarbonyl (C=S) groups is 2. The predicted octanol–water partition coefficient (Wildman–Crippen LogP) is 4.44. The third-order valence-corrected chi connectivity index (χ3v) is 5.70. The van der Waals surface area contributed by atoms with E-state index < -0.39 is 0 Å². The number of ketones is 2. The fourth-order valence-electron chi connectivity index (χ4n) is 2.63. The molecule has 0 bridgehead atoms. The molecule has 0 fully saturated rings. The Hall–Kier alpha value is -1.86. The van der Waals surface area contributed by atoms with E-state index in [1.807, 2.05) is 0 Å². The van der Waals surface area contributed by atoms with Crippen LogP contribution >= 0.6 is 47.6 Å². The molecule has 2 rings (SSSR count). The lowest BCUT2D eigenvalue weighted by atomic mass is 10.1. The van der Waals surface area contributed by atoms with Crippen LogP contribution in [0.15, 0.2) is 48.5 Å². The maximum absolute atomic E-state index is 12.3. The van der Waals surface area contributed by atoms with Gasteiger partial charge in [-0.05, 0) is 24.3 Å². The van der Waals surface area contributed by atoms with Crippen molar-refractivity contribution in [1.82, 2.24) is 9.80 Å². The van der Waals surface area contributed by atoms with E-state index in [0.717, 1.165) is 11.1 Å². The van der Waals surface area contributed by atoms with Crippen molar-refractivity contribution in [1.29, 1.82) is 0 Å². The summed E-state index contributed by atoms with van der Waals surface area (Å²) in [4.78, 5) is 28.9. The van der Waals surface area contributed by atoms with Gasteiger partial charge in [0.25, 0.3) is 0 Å². The van der Waals surface area contributed by atoms with Gasteiger partial charge in [-0.15, -0.1) is 0 Å². The van der Waals surface area contributed by atoms with Crippen molar-refractivity contribution < 1.29 is 9.59 Å². The Morgan fingerprint density at radius 1 is 0.724 bits per heavy atom. The molecular weight excluding hydrogens is 447 g/mol. The van der Waals surface area contributed by atoms with Crippen LogP contribution in [-0.4, -0.2) is 58.5 Å². The molecule has 0 N–H and O–H groups in total. The molecular formula is C21H20Cl2N2O2S2. The van der Waals surface area contributed by atoms with Crippen LogP contribution < -0.4 is 0 Å². The summed E-state index contributed by atoms with van der Waals surface area (Å²) in [5, 5.41) is 1.23. The smallest absolute Gasteiger partial charge is 0.159 e. The summed E-state index contributed by atoms with van der Waals surface area (Å²) < 4.78 is 0. The number of nitrogens with zero attached hydrogens (tertiary/aromatic N) is 2. The van der Waals surface area contributed by atoms with Crippen molar-refractivity contribution >= 4 is 69.2 Å². The number of hydrogen-bond donors (Lipinski definition) is 0. The lowest BCUT2D eigenvalue weighted by Gasteiger charge is -2.21. The maximum Gasteiger partial charge on any atom is 0.159 e. The fraction of sp³-hybridized carbons (Fsp3) is 0.238. The van der Waals surface area contributed by atoms with Crippen LogP contribution in [0, 0.1) is 0 Å². The van der Waals surface area contributed by atoms with E-state index >= 15 is 0 Å². The second-order valence-corrected chi connectivity index (χ2v) is 8.24. The molecule has 0 aromatic heterocycles. The third-order valence-electron chi connectivity index (χ3n) is 4.10. The van der Waals surface area contributed by atoms with Gasteiger partial charge >= 0.3 is 0 Å².